The molecular formula is C26H22N6O4. The first-order chi connectivity index (χ1) is 17.6. The zero-order valence-electron chi connectivity index (χ0n) is 19.6. The highest BCUT2D eigenvalue weighted by molar-refractivity contribution is 6.06. The number of nitrogens with zero attached hydrogens (tertiary/aromatic N) is 4. The van der Waals surface area contributed by atoms with Crippen LogP contribution in [0.25, 0.3) is 11.4 Å². The molecule has 180 valence electrons. The van der Waals surface area contributed by atoms with Gasteiger partial charge in [-0.3, -0.25) is 9.78 Å². The summed E-state index contributed by atoms with van der Waals surface area (Å²) in [6, 6.07) is 16.0. The fourth-order valence-corrected chi connectivity index (χ4v) is 4.40. The first-order valence-corrected chi connectivity index (χ1v) is 11.3. The quantitative estimate of drug-likeness (QED) is 0.439. The molecule has 36 heavy (non-hydrogen) atoms. The number of carbonyl (C=O) groups excluding carboxylic acids is 1. The minimum Gasteiger partial charge on any atom is -0.495 e. The van der Waals surface area contributed by atoms with Crippen molar-refractivity contribution < 1.29 is 19.0 Å². The number of hydrogen-bond donors (Lipinski definition) is 2. The van der Waals surface area contributed by atoms with Crippen LogP contribution in [-0.4, -0.2) is 39.6 Å². The van der Waals surface area contributed by atoms with Gasteiger partial charge in [0.2, 0.25) is 12.7 Å². The van der Waals surface area contributed by atoms with Crippen LogP contribution in [0.15, 0.2) is 78.3 Å². The van der Waals surface area contributed by atoms with Gasteiger partial charge in [-0.2, -0.15) is 4.98 Å². The van der Waals surface area contributed by atoms with Crippen molar-refractivity contribution in [1.82, 2.24) is 19.7 Å². The number of allylic oxidation sites excluding steroid dienone is 1. The normalized spacial score (nSPS) is 15.8. The van der Waals surface area contributed by atoms with E-state index in [4.69, 9.17) is 24.3 Å². The SMILES string of the molecule is COc1ccccc1NC(=O)C1=C(C)Nc2nc(-c3ccncc3)nn2C1c1ccc2c(c1)OCO2. The highest BCUT2D eigenvalue weighted by atomic mass is 16.7. The van der Waals surface area contributed by atoms with E-state index in [0.717, 1.165) is 11.1 Å². The molecule has 0 saturated heterocycles. The lowest BCUT2D eigenvalue weighted by Crippen LogP contribution is -2.31. The van der Waals surface area contributed by atoms with Crippen molar-refractivity contribution in [2.24, 2.45) is 0 Å². The number of aromatic nitrogens is 4. The molecule has 2 aromatic heterocycles. The molecule has 1 unspecified atom stereocenters. The second kappa shape index (κ2) is 8.73. The van der Waals surface area contributed by atoms with Gasteiger partial charge in [-0.1, -0.05) is 18.2 Å². The van der Waals surface area contributed by atoms with Crippen molar-refractivity contribution in [1.29, 1.82) is 0 Å². The lowest BCUT2D eigenvalue weighted by molar-refractivity contribution is -0.113. The smallest absolute Gasteiger partial charge is 0.255 e. The molecule has 2 N–H and O–H groups in total. The number of hydrogen-bond acceptors (Lipinski definition) is 8. The number of amides is 1. The van der Waals surface area contributed by atoms with Crippen LogP contribution in [0.1, 0.15) is 18.5 Å². The van der Waals surface area contributed by atoms with E-state index < -0.39 is 6.04 Å². The minimum absolute atomic E-state index is 0.155. The van der Waals surface area contributed by atoms with Crippen molar-refractivity contribution in [3.05, 3.63) is 83.8 Å². The molecule has 10 heteroatoms. The fraction of sp³-hybridized carbons (Fsp3) is 0.154. The predicted octanol–water partition coefficient (Wildman–Crippen LogP) is 4.01. The van der Waals surface area contributed by atoms with E-state index >= 15 is 0 Å². The number of carbonyl (C=O) groups is 1. The number of anilines is 2. The highest BCUT2D eigenvalue weighted by Crippen LogP contribution is 2.41. The molecule has 1 atom stereocenters. The van der Waals surface area contributed by atoms with Crippen molar-refractivity contribution in [3.63, 3.8) is 0 Å². The highest BCUT2D eigenvalue weighted by Gasteiger charge is 2.35. The summed E-state index contributed by atoms with van der Waals surface area (Å²) < 4.78 is 18.3. The van der Waals surface area contributed by atoms with Crippen molar-refractivity contribution >= 4 is 17.5 Å². The first-order valence-electron chi connectivity index (χ1n) is 11.3. The molecule has 6 rings (SSSR count). The van der Waals surface area contributed by atoms with Crippen molar-refractivity contribution in [2.75, 3.05) is 24.5 Å². The second-order valence-electron chi connectivity index (χ2n) is 8.27. The largest absolute Gasteiger partial charge is 0.495 e. The molecule has 0 saturated carbocycles. The maximum absolute atomic E-state index is 13.8. The standard InChI is InChI=1S/C26H22N6O4/c1-15-22(25(33)29-18-5-3-4-6-19(18)34-2)23(17-7-8-20-21(13-17)36-14-35-20)32-26(28-15)30-24(31-32)16-9-11-27-12-10-16/h3-13,23H,14H2,1-2H3,(H,29,33)(H,28,30,31). The number of pyridine rings is 1. The third kappa shape index (κ3) is 3.68. The Balaban J connectivity index is 1.46. The third-order valence-corrected chi connectivity index (χ3v) is 6.10. The summed E-state index contributed by atoms with van der Waals surface area (Å²) in [5.41, 5.74) is 3.33. The molecule has 0 bridgehead atoms. The van der Waals surface area contributed by atoms with Crippen LogP contribution in [0.2, 0.25) is 0 Å². The average molecular weight is 483 g/mol. The van der Waals surface area contributed by atoms with Gasteiger partial charge < -0.3 is 24.8 Å². The number of nitrogens with one attached hydrogen (secondary N) is 2. The van der Waals surface area contributed by atoms with Crippen LogP contribution < -0.4 is 24.8 Å². The lowest BCUT2D eigenvalue weighted by Gasteiger charge is -2.29. The van der Waals surface area contributed by atoms with E-state index in [1.54, 1.807) is 36.3 Å². The van der Waals surface area contributed by atoms with Gasteiger partial charge in [-0.25, -0.2) is 4.68 Å². The molecule has 4 heterocycles. The molecule has 0 aliphatic carbocycles. The summed E-state index contributed by atoms with van der Waals surface area (Å²) in [6.45, 7) is 2.00. The summed E-state index contributed by atoms with van der Waals surface area (Å²) in [5.74, 6) is 2.59. The van der Waals surface area contributed by atoms with Gasteiger partial charge in [0.15, 0.2) is 17.3 Å². The molecule has 2 aliphatic rings. The fourth-order valence-electron chi connectivity index (χ4n) is 4.40. The summed E-state index contributed by atoms with van der Waals surface area (Å²) in [4.78, 5) is 22.5. The van der Waals surface area contributed by atoms with Crippen molar-refractivity contribution in [2.45, 2.75) is 13.0 Å². The Morgan fingerprint density at radius 2 is 1.92 bits per heavy atom. The van der Waals surface area contributed by atoms with E-state index in [9.17, 15) is 4.79 Å². The van der Waals surface area contributed by atoms with Gasteiger partial charge in [0.1, 0.15) is 11.8 Å². The maximum atomic E-state index is 13.8. The van der Waals surface area contributed by atoms with Crippen molar-refractivity contribution in [3.8, 4) is 28.6 Å². The van der Waals surface area contributed by atoms with Crippen LogP contribution in [0, 0.1) is 0 Å². The van der Waals surface area contributed by atoms with Crippen LogP contribution in [0.4, 0.5) is 11.6 Å². The molecule has 4 aromatic rings. The maximum Gasteiger partial charge on any atom is 0.255 e. The molecule has 1 amide bonds. The molecule has 0 fully saturated rings. The molecule has 2 aliphatic heterocycles. The molecule has 10 nitrogen and oxygen atoms in total. The number of fused-ring (bicyclic) bond motifs is 2. The van der Waals surface area contributed by atoms with E-state index in [2.05, 4.69) is 15.6 Å². The zero-order valence-corrected chi connectivity index (χ0v) is 19.6. The molecule has 0 radical (unpaired) electrons. The molecule has 2 aromatic carbocycles. The third-order valence-electron chi connectivity index (χ3n) is 6.10. The topological polar surface area (TPSA) is 112 Å². The number of methoxy groups -OCH3 is 1. The summed E-state index contributed by atoms with van der Waals surface area (Å²) >= 11 is 0. The van der Waals surface area contributed by atoms with Crippen LogP contribution >= 0.6 is 0 Å². The lowest BCUT2D eigenvalue weighted by atomic mass is 9.94. The van der Waals surface area contributed by atoms with Gasteiger partial charge in [-0.15, -0.1) is 5.10 Å². The Bertz CT molecular complexity index is 1500. The van der Waals surface area contributed by atoms with E-state index in [-0.39, 0.29) is 12.7 Å². The Morgan fingerprint density at radius 1 is 1.11 bits per heavy atom. The van der Waals surface area contributed by atoms with Crippen LogP contribution in [0.5, 0.6) is 17.2 Å². The van der Waals surface area contributed by atoms with E-state index in [1.807, 2.05) is 49.4 Å². The molecule has 0 spiro atoms. The summed E-state index contributed by atoms with van der Waals surface area (Å²) in [6.07, 6.45) is 3.38. The van der Waals surface area contributed by atoms with Crippen LogP contribution in [-0.2, 0) is 4.79 Å². The summed E-state index contributed by atoms with van der Waals surface area (Å²) in [7, 11) is 1.56. The van der Waals surface area contributed by atoms with Gasteiger partial charge >= 0.3 is 0 Å². The Morgan fingerprint density at radius 3 is 2.75 bits per heavy atom. The van der Waals surface area contributed by atoms with Gasteiger partial charge in [0.05, 0.1) is 18.4 Å². The monoisotopic (exact) mass is 482 g/mol. The van der Waals surface area contributed by atoms with E-state index in [0.29, 0.717) is 46.0 Å². The second-order valence-corrected chi connectivity index (χ2v) is 8.27. The molecular weight excluding hydrogens is 460 g/mol. The zero-order chi connectivity index (χ0) is 24.6. The van der Waals surface area contributed by atoms with Gasteiger partial charge in [0, 0.05) is 23.7 Å². The number of benzene rings is 2. The number of ether oxygens (including phenoxy) is 3. The Labute approximate surface area is 206 Å². The van der Waals surface area contributed by atoms with E-state index in [1.165, 1.54) is 0 Å². The average Bonchev–Trinajstić information content (AvgIpc) is 3.55. The van der Waals surface area contributed by atoms with Gasteiger partial charge in [0.25, 0.3) is 5.91 Å². The summed E-state index contributed by atoms with van der Waals surface area (Å²) in [5, 5.41) is 11.0. The number of para-hydroxylation sites is 2. The number of rotatable bonds is 5. The van der Waals surface area contributed by atoms with Crippen LogP contribution in [0.3, 0.4) is 0 Å². The van der Waals surface area contributed by atoms with Gasteiger partial charge in [-0.05, 0) is 48.9 Å². The Hall–Kier alpha value is -4.86. The minimum atomic E-state index is -0.575. The Kier molecular flexibility index (Phi) is 5.25. The first kappa shape index (κ1) is 21.7. The predicted molar refractivity (Wildman–Crippen MR) is 132 cm³/mol.